The van der Waals surface area contributed by atoms with Crippen LogP contribution in [0.4, 0.5) is 0 Å². The molecular formula is C15H19NOS. The minimum absolute atomic E-state index is 0.0405. The van der Waals surface area contributed by atoms with E-state index in [1.807, 2.05) is 37.4 Å². The Balaban J connectivity index is 2.39. The van der Waals surface area contributed by atoms with E-state index in [2.05, 4.69) is 18.3 Å². The van der Waals surface area contributed by atoms with Gasteiger partial charge in [0, 0.05) is 18.5 Å². The number of rotatable bonds is 3. The first-order chi connectivity index (χ1) is 8.58. The molecule has 96 valence electrons. The lowest BCUT2D eigenvalue weighted by atomic mass is 9.81. The van der Waals surface area contributed by atoms with Crippen molar-refractivity contribution in [2.45, 2.75) is 31.3 Å². The number of thiocarbonyl (C=S) groups is 1. The second-order valence-electron chi connectivity index (χ2n) is 4.82. The summed E-state index contributed by atoms with van der Waals surface area (Å²) in [4.78, 5) is 0.725. The number of aliphatic hydroxyl groups is 1. The van der Waals surface area contributed by atoms with Crippen molar-refractivity contribution in [3.63, 3.8) is 0 Å². The van der Waals surface area contributed by atoms with E-state index < -0.39 is 5.60 Å². The van der Waals surface area contributed by atoms with Gasteiger partial charge in [0.1, 0.15) is 4.99 Å². The van der Waals surface area contributed by atoms with Gasteiger partial charge in [0.2, 0.25) is 0 Å². The summed E-state index contributed by atoms with van der Waals surface area (Å²) in [6, 6.07) is 8.03. The molecule has 0 bridgehead atoms. The summed E-state index contributed by atoms with van der Waals surface area (Å²) in [5.41, 5.74) is 1.38. The molecule has 0 saturated carbocycles. The van der Waals surface area contributed by atoms with Crippen LogP contribution < -0.4 is 5.32 Å². The molecule has 0 amide bonds. The number of hydrogen-bond acceptors (Lipinski definition) is 2. The standard InChI is InChI=1S/C15H19NOS/c1-11(15(17)9-5-6-10-15)12-7-3-4-8-13(12)14(18)16-2/h3-5,7-9,11,17H,6,10H2,1-2H3,(H,16,18). The molecule has 2 rings (SSSR count). The van der Waals surface area contributed by atoms with Gasteiger partial charge in [-0.25, -0.2) is 0 Å². The molecule has 18 heavy (non-hydrogen) atoms. The maximum atomic E-state index is 10.6. The molecule has 0 spiro atoms. The largest absolute Gasteiger partial charge is 0.385 e. The molecule has 2 unspecified atom stereocenters. The average Bonchev–Trinajstić information content (AvgIpc) is 2.85. The molecule has 0 aliphatic heterocycles. The van der Waals surface area contributed by atoms with Gasteiger partial charge in [0.05, 0.1) is 5.60 Å². The molecule has 0 aromatic heterocycles. The SMILES string of the molecule is CNC(=S)c1ccccc1C(C)C1(O)C=CCC1. The molecule has 0 saturated heterocycles. The van der Waals surface area contributed by atoms with Crippen molar-refractivity contribution >= 4 is 17.2 Å². The molecule has 1 aromatic rings. The zero-order valence-corrected chi connectivity index (χ0v) is 11.6. The third kappa shape index (κ3) is 2.33. The Morgan fingerprint density at radius 2 is 2.17 bits per heavy atom. The van der Waals surface area contributed by atoms with Crippen LogP contribution >= 0.6 is 12.2 Å². The molecule has 2 atom stereocenters. The molecule has 2 nitrogen and oxygen atoms in total. The fourth-order valence-electron chi connectivity index (χ4n) is 2.53. The first-order valence-corrected chi connectivity index (χ1v) is 6.70. The van der Waals surface area contributed by atoms with E-state index in [0.717, 1.165) is 29.0 Å². The quantitative estimate of drug-likeness (QED) is 0.648. The molecular weight excluding hydrogens is 242 g/mol. The third-order valence-electron chi connectivity index (χ3n) is 3.77. The lowest BCUT2D eigenvalue weighted by Crippen LogP contribution is -2.32. The highest BCUT2D eigenvalue weighted by molar-refractivity contribution is 7.80. The predicted molar refractivity (Wildman–Crippen MR) is 78.9 cm³/mol. The highest BCUT2D eigenvalue weighted by Gasteiger charge is 2.35. The minimum atomic E-state index is -0.737. The molecule has 3 heteroatoms. The van der Waals surface area contributed by atoms with Gasteiger partial charge in [-0.1, -0.05) is 55.6 Å². The van der Waals surface area contributed by atoms with Gasteiger partial charge < -0.3 is 10.4 Å². The zero-order valence-electron chi connectivity index (χ0n) is 10.8. The second-order valence-corrected chi connectivity index (χ2v) is 5.23. The summed E-state index contributed by atoms with van der Waals surface area (Å²) in [5.74, 6) is 0.0405. The van der Waals surface area contributed by atoms with Crippen LogP contribution in [-0.2, 0) is 0 Å². The fraction of sp³-hybridized carbons (Fsp3) is 0.400. The number of allylic oxidation sites excluding steroid dienone is 1. The van der Waals surface area contributed by atoms with Gasteiger partial charge >= 0.3 is 0 Å². The molecule has 1 aliphatic rings. The number of benzene rings is 1. The van der Waals surface area contributed by atoms with Crippen molar-refractivity contribution in [1.29, 1.82) is 0 Å². The molecule has 2 N–H and O–H groups in total. The molecule has 0 fully saturated rings. The van der Waals surface area contributed by atoms with E-state index in [1.165, 1.54) is 0 Å². The topological polar surface area (TPSA) is 32.3 Å². The molecule has 0 radical (unpaired) electrons. The summed E-state index contributed by atoms with van der Waals surface area (Å²) in [6.45, 7) is 2.06. The van der Waals surface area contributed by atoms with Crippen LogP contribution in [0.1, 0.15) is 36.8 Å². The Morgan fingerprint density at radius 1 is 1.44 bits per heavy atom. The van der Waals surface area contributed by atoms with Crippen LogP contribution in [0.25, 0.3) is 0 Å². The number of nitrogens with one attached hydrogen (secondary N) is 1. The van der Waals surface area contributed by atoms with E-state index in [0.29, 0.717) is 0 Å². The normalized spacial score (nSPS) is 23.9. The predicted octanol–water partition coefficient (Wildman–Crippen LogP) is 2.77. The van der Waals surface area contributed by atoms with Crippen molar-refractivity contribution in [1.82, 2.24) is 5.32 Å². The van der Waals surface area contributed by atoms with Gasteiger partial charge in [0.25, 0.3) is 0 Å². The van der Waals surface area contributed by atoms with Gasteiger partial charge in [-0.05, 0) is 18.4 Å². The first kappa shape index (κ1) is 13.2. The van der Waals surface area contributed by atoms with Crippen LogP contribution in [0.3, 0.4) is 0 Å². The molecule has 1 aromatic carbocycles. The van der Waals surface area contributed by atoms with Gasteiger partial charge in [-0.2, -0.15) is 0 Å². The van der Waals surface area contributed by atoms with E-state index in [1.54, 1.807) is 0 Å². The average molecular weight is 261 g/mol. The fourth-order valence-corrected chi connectivity index (χ4v) is 2.72. The third-order valence-corrected chi connectivity index (χ3v) is 4.19. The van der Waals surface area contributed by atoms with Crippen LogP contribution in [0.5, 0.6) is 0 Å². The van der Waals surface area contributed by atoms with Crippen molar-refractivity contribution in [3.05, 3.63) is 47.5 Å². The maximum Gasteiger partial charge on any atom is 0.106 e. The lowest BCUT2D eigenvalue weighted by Gasteiger charge is -2.30. The second kappa shape index (κ2) is 5.21. The van der Waals surface area contributed by atoms with Gasteiger partial charge in [-0.15, -0.1) is 0 Å². The van der Waals surface area contributed by atoms with Crippen molar-refractivity contribution in [2.75, 3.05) is 7.05 Å². The van der Waals surface area contributed by atoms with Crippen LogP contribution in [0, 0.1) is 0 Å². The lowest BCUT2D eigenvalue weighted by molar-refractivity contribution is 0.0664. The van der Waals surface area contributed by atoms with Crippen LogP contribution in [0.2, 0.25) is 0 Å². The Kier molecular flexibility index (Phi) is 3.83. The minimum Gasteiger partial charge on any atom is -0.385 e. The Labute approximate surface area is 114 Å². The zero-order chi connectivity index (χ0) is 13.2. The smallest absolute Gasteiger partial charge is 0.106 e. The highest BCUT2D eigenvalue weighted by atomic mass is 32.1. The maximum absolute atomic E-state index is 10.6. The summed E-state index contributed by atoms with van der Waals surface area (Å²) < 4.78 is 0. The first-order valence-electron chi connectivity index (χ1n) is 6.29. The summed E-state index contributed by atoms with van der Waals surface area (Å²) >= 11 is 5.33. The monoisotopic (exact) mass is 261 g/mol. The summed E-state index contributed by atoms with van der Waals surface area (Å²) in [7, 11) is 1.83. The highest BCUT2D eigenvalue weighted by Crippen LogP contribution is 2.38. The van der Waals surface area contributed by atoms with E-state index in [9.17, 15) is 5.11 Å². The summed E-state index contributed by atoms with van der Waals surface area (Å²) in [6.07, 6.45) is 5.71. The van der Waals surface area contributed by atoms with E-state index >= 15 is 0 Å². The Morgan fingerprint density at radius 3 is 2.78 bits per heavy atom. The van der Waals surface area contributed by atoms with Gasteiger partial charge in [-0.3, -0.25) is 0 Å². The molecule has 0 heterocycles. The molecule has 1 aliphatic carbocycles. The van der Waals surface area contributed by atoms with Crippen LogP contribution in [-0.4, -0.2) is 22.7 Å². The number of hydrogen-bond donors (Lipinski definition) is 2. The van der Waals surface area contributed by atoms with Crippen molar-refractivity contribution < 1.29 is 5.11 Å². The van der Waals surface area contributed by atoms with Crippen LogP contribution in [0.15, 0.2) is 36.4 Å². The van der Waals surface area contributed by atoms with Crippen molar-refractivity contribution in [2.24, 2.45) is 0 Å². The van der Waals surface area contributed by atoms with E-state index in [-0.39, 0.29) is 5.92 Å². The van der Waals surface area contributed by atoms with E-state index in [4.69, 9.17) is 12.2 Å². The van der Waals surface area contributed by atoms with Gasteiger partial charge in [0.15, 0.2) is 0 Å². The summed E-state index contributed by atoms with van der Waals surface area (Å²) in [5, 5.41) is 13.7. The Hall–Kier alpha value is -1.19. The van der Waals surface area contributed by atoms with Crippen molar-refractivity contribution in [3.8, 4) is 0 Å². The Bertz CT molecular complexity index is 483.